The Bertz CT molecular complexity index is 3040. The summed E-state index contributed by atoms with van der Waals surface area (Å²) in [6, 6.07) is 44.8. The molecule has 0 fully saturated rings. The van der Waals surface area contributed by atoms with Gasteiger partial charge < -0.3 is 16.4 Å². The van der Waals surface area contributed by atoms with Crippen LogP contribution in [0.3, 0.4) is 0 Å². The lowest BCUT2D eigenvalue weighted by Crippen LogP contribution is -2.15. The fourth-order valence-corrected chi connectivity index (χ4v) is 7.41. The first-order valence-corrected chi connectivity index (χ1v) is 20.6. The molecule has 0 unspecified atom stereocenters. The lowest BCUT2D eigenvalue weighted by molar-refractivity contribution is 0.598. The molecule has 13 nitrogen and oxygen atoms in total. The van der Waals surface area contributed by atoms with Crippen molar-refractivity contribution in [2.24, 2.45) is 5.14 Å². The van der Waals surface area contributed by atoms with Gasteiger partial charge in [0.2, 0.25) is 15.3 Å². The van der Waals surface area contributed by atoms with Crippen molar-refractivity contribution >= 4 is 60.9 Å². The Kier molecular flexibility index (Phi) is 11.6. The maximum atomic E-state index is 12.0. The Labute approximate surface area is 350 Å². The third-order valence-corrected chi connectivity index (χ3v) is 10.5. The molecule has 0 aliphatic rings. The Morgan fingerprint density at radius 1 is 0.550 bits per heavy atom. The molecule has 0 amide bonds. The van der Waals surface area contributed by atoms with Crippen molar-refractivity contribution in [3.8, 4) is 33.6 Å². The number of primary sulfonamides is 1. The van der Waals surface area contributed by atoms with E-state index in [4.69, 9.17) is 32.4 Å². The number of nitrogens with one attached hydrogen (secondary N) is 2. The maximum absolute atomic E-state index is 12.0. The molecule has 0 saturated carbocycles. The van der Waals surface area contributed by atoms with Crippen molar-refractivity contribution in [1.29, 1.82) is 0 Å². The highest BCUT2D eigenvalue weighted by molar-refractivity contribution is 7.89. The summed E-state index contributed by atoms with van der Waals surface area (Å²) in [5.74, 6) is 1.38. The normalized spacial score (nSPS) is 11.2. The van der Waals surface area contributed by atoms with Crippen molar-refractivity contribution in [3.63, 3.8) is 0 Å². The van der Waals surface area contributed by atoms with Gasteiger partial charge in [0.1, 0.15) is 22.3 Å². The zero-order valence-electron chi connectivity index (χ0n) is 31.8. The number of nitrogens with two attached hydrogens (primary N) is 2. The lowest BCUT2D eigenvalue weighted by Gasteiger charge is -2.15. The van der Waals surface area contributed by atoms with Gasteiger partial charge in [-0.2, -0.15) is 0 Å². The minimum absolute atomic E-state index is 0.183. The summed E-state index contributed by atoms with van der Waals surface area (Å²) in [5.41, 5.74) is 13.5. The van der Waals surface area contributed by atoms with Crippen molar-refractivity contribution < 1.29 is 8.42 Å². The summed E-state index contributed by atoms with van der Waals surface area (Å²) in [6.07, 6.45) is 4.93. The van der Waals surface area contributed by atoms with Crippen LogP contribution in [0.5, 0.6) is 0 Å². The number of aromatic nitrogens is 7. The second-order valence-electron chi connectivity index (χ2n) is 13.4. The number of hydrogen-bond donors (Lipinski definition) is 4. The third kappa shape index (κ3) is 9.01. The second kappa shape index (κ2) is 17.6. The van der Waals surface area contributed by atoms with Crippen molar-refractivity contribution in [1.82, 2.24) is 34.9 Å². The number of anilines is 3. The molecule has 0 bridgehead atoms. The quantitative estimate of drug-likeness (QED) is 0.0959. The largest absolute Gasteiger partial charge is 0.383 e. The molecule has 0 aliphatic carbocycles. The first kappa shape index (κ1) is 39.4. The molecule has 9 aromatic rings. The van der Waals surface area contributed by atoms with E-state index in [1.165, 1.54) is 12.3 Å². The number of pyridine rings is 3. The average Bonchev–Trinajstić information content (AvgIpc) is 3.28. The number of sulfonamides is 1. The van der Waals surface area contributed by atoms with Gasteiger partial charge in [-0.1, -0.05) is 97.1 Å². The van der Waals surface area contributed by atoms with E-state index in [0.29, 0.717) is 35.8 Å². The number of nitrogen functional groups attached to an aromatic ring is 1. The Balaban J connectivity index is 0.000000176. The van der Waals surface area contributed by atoms with Crippen LogP contribution in [0, 0.1) is 0 Å². The van der Waals surface area contributed by atoms with E-state index < -0.39 is 10.0 Å². The van der Waals surface area contributed by atoms with Gasteiger partial charge in [-0.3, -0.25) is 9.97 Å². The van der Waals surface area contributed by atoms with Crippen LogP contribution in [0.25, 0.3) is 55.4 Å². The van der Waals surface area contributed by atoms with E-state index >= 15 is 0 Å². The van der Waals surface area contributed by atoms with Crippen LogP contribution < -0.4 is 21.5 Å². The predicted octanol–water partition coefficient (Wildman–Crippen LogP) is 8.55. The number of fused-ring (bicyclic) bond motifs is 2. The highest BCUT2D eigenvalue weighted by atomic mass is 35.5. The number of rotatable bonds is 10. The van der Waals surface area contributed by atoms with Gasteiger partial charge in [0.25, 0.3) is 0 Å². The monoisotopic (exact) mass is 829 g/mol. The zero-order chi connectivity index (χ0) is 41.5. The molecule has 0 aliphatic heterocycles. The zero-order valence-corrected chi connectivity index (χ0v) is 33.4. The molecule has 0 spiro atoms. The minimum atomic E-state index is -4.07. The molecule has 5 heterocycles. The van der Waals surface area contributed by atoms with Crippen molar-refractivity contribution in [2.45, 2.75) is 18.0 Å². The molecule has 15 heteroatoms. The summed E-state index contributed by atoms with van der Waals surface area (Å²) in [5, 5.41) is 14.1. The molecule has 4 aromatic carbocycles. The third-order valence-electron chi connectivity index (χ3n) is 9.36. The lowest BCUT2D eigenvalue weighted by atomic mass is 10.0. The first-order valence-electron chi connectivity index (χ1n) is 18.7. The fourth-order valence-electron chi connectivity index (χ4n) is 6.60. The summed E-state index contributed by atoms with van der Waals surface area (Å²) in [6.45, 7) is 0.990. The van der Waals surface area contributed by atoms with E-state index in [9.17, 15) is 8.42 Å². The van der Waals surface area contributed by atoms with Crippen LogP contribution in [0.15, 0.2) is 163 Å². The minimum Gasteiger partial charge on any atom is -0.383 e. The molecule has 9 rings (SSSR count). The van der Waals surface area contributed by atoms with Crippen LogP contribution in [0.1, 0.15) is 11.4 Å². The SMILES string of the molecule is Clc1nc(NCc2ccccn2)c2c(-c3ccccc3)cccc2n1.Nc1ncc(-c2nc(NCc3ccccn3)c3c(-c4ccccc4)cccc3n2)cc1S(N)(=O)=O. The van der Waals surface area contributed by atoms with Crippen molar-refractivity contribution in [3.05, 3.63) is 175 Å². The van der Waals surface area contributed by atoms with E-state index in [0.717, 1.165) is 49.9 Å². The van der Waals surface area contributed by atoms with Gasteiger partial charge in [-0.25, -0.2) is 38.5 Å². The Hall–Kier alpha value is -7.39. The number of halogens is 1. The molecule has 5 aromatic heterocycles. The molecule has 0 saturated heterocycles. The Morgan fingerprint density at radius 3 is 1.58 bits per heavy atom. The van der Waals surface area contributed by atoms with Gasteiger partial charge in [-0.15, -0.1) is 0 Å². The molecular weight excluding hydrogens is 794 g/mol. The highest BCUT2D eigenvalue weighted by Gasteiger charge is 2.19. The van der Waals surface area contributed by atoms with Gasteiger partial charge in [0, 0.05) is 24.2 Å². The van der Waals surface area contributed by atoms with Gasteiger partial charge >= 0.3 is 0 Å². The van der Waals surface area contributed by atoms with Crippen LogP contribution >= 0.6 is 11.6 Å². The van der Waals surface area contributed by atoms with Gasteiger partial charge in [-0.05, 0) is 76.3 Å². The standard InChI is InChI=1S/C25H21N7O2S.C20H15ClN4/c26-23-21(35(27,33)34)13-17(14-29-23)24-31-20-11-6-10-19(16-7-2-1-3-8-16)22(20)25(32-24)30-15-18-9-4-5-12-28-18;21-20-24-17-11-6-10-16(14-7-2-1-3-8-14)18(17)19(25-20)23-13-15-9-4-5-12-22-15/h1-14H,15H2,(H2,26,29)(H2,27,33,34)(H,30,31,32);1-12H,13H2,(H,23,24,25). The van der Waals surface area contributed by atoms with Crippen LogP contribution in [0.2, 0.25) is 5.28 Å². The predicted molar refractivity (Wildman–Crippen MR) is 237 cm³/mol. The second-order valence-corrected chi connectivity index (χ2v) is 15.2. The number of benzene rings is 4. The first-order chi connectivity index (χ1) is 29.2. The topological polar surface area (TPSA) is 200 Å². The van der Waals surface area contributed by atoms with E-state index in [2.05, 4.69) is 53.8 Å². The van der Waals surface area contributed by atoms with Crippen LogP contribution in [-0.4, -0.2) is 43.3 Å². The fraction of sp³-hybridized carbons (Fsp3) is 0.0444. The molecule has 0 atom stereocenters. The molecule has 6 N–H and O–H groups in total. The molecule has 60 heavy (non-hydrogen) atoms. The molecule has 296 valence electrons. The number of hydrogen-bond acceptors (Lipinski definition) is 12. The maximum Gasteiger partial charge on any atom is 0.241 e. The summed E-state index contributed by atoms with van der Waals surface area (Å²) in [7, 11) is -4.07. The smallest absolute Gasteiger partial charge is 0.241 e. The van der Waals surface area contributed by atoms with Crippen molar-refractivity contribution in [2.75, 3.05) is 16.4 Å². The van der Waals surface area contributed by atoms with Crippen LogP contribution in [-0.2, 0) is 23.1 Å². The van der Waals surface area contributed by atoms with Gasteiger partial charge in [0.15, 0.2) is 5.82 Å². The van der Waals surface area contributed by atoms with E-state index in [1.807, 2.05) is 115 Å². The van der Waals surface area contributed by atoms with E-state index in [1.54, 1.807) is 12.4 Å². The highest BCUT2D eigenvalue weighted by Crippen LogP contribution is 2.35. The average molecular weight is 830 g/mol. The van der Waals surface area contributed by atoms with E-state index in [-0.39, 0.29) is 21.8 Å². The summed E-state index contributed by atoms with van der Waals surface area (Å²) >= 11 is 6.13. The molecular formula is C45H36ClN11O2S. The van der Waals surface area contributed by atoms with Gasteiger partial charge in [0.05, 0.1) is 46.3 Å². The van der Waals surface area contributed by atoms with Crippen LogP contribution in [0.4, 0.5) is 17.5 Å². The number of nitrogens with zero attached hydrogens (tertiary/aromatic N) is 7. The Morgan fingerprint density at radius 2 is 1.07 bits per heavy atom. The summed E-state index contributed by atoms with van der Waals surface area (Å²) < 4.78 is 24.0. The summed E-state index contributed by atoms with van der Waals surface area (Å²) in [4.78, 5) is 30.7. The molecule has 0 radical (unpaired) electrons.